The van der Waals surface area contributed by atoms with Gasteiger partial charge in [0.05, 0.1) is 5.92 Å². The van der Waals surface area contributed by atoms with Gasteiger partial charge in [-0.2, -0.15) is 0 Å². The van der Waals surface area contributed by atoms with E-state index in [0.29, 0.717) is 19.4 Å². The summed E-state index contributed by atoms with van der Waals surface area (Å²) in [6.45, 7) is 0.422. The summed E-state index contributed by atoms with van der Waals surface area (Å²) in [5.74, 6) is -0.162. The lowest BCUT2D eigenvalue weighted by Gasteiger charge is -2.21. The maximum atomic E-state index is 12.2. The molecule has 0 radical (unpaired) electrons. The van der Waals surface area contributed by atoms with Gasteiger partial charge in [0.1, 0.15) is 0 Å². The van der Waals surface area contributed by atoms with Gasteiger partial charge in [-0.05, 0) is 41.5 Å². The number of benzene rings is 2. The van der Waals surface area contributed by atoms with E-state index in [0.717, 1.165) is 20.9 Å². The average molecular weight is 347 g/mol. The molecule has 0 spiro atoms. The monoisotopic (exact) mass is 346 g/mol. The Morgan fingerprint density at radius 1 is 1.19 bits per heavy atom. The van der Waals surface area contributed by atoms with Gasteiger partial charge < -0.3 is 10.6 Å². The summed E-state index contributed by atoms with van der Waals surface area (Å²) in [4.78, 5) is 23.3. The smallest absolute Gasteiger partial charge is 0.229 e. The number of amides is 2. The fourth-order valence-corrected chi connectivity index (χ4v) is 2.87. The molecule has 108 valence electrons. The molecule has 2 N–H and O–H groups in total. The number of hydrogen-bond acceptors (Lipinski definition) is 2. The van der Waals surface area contributed by atoms with Crippen LogP contribution in [0.1, 0.15) is 12.8 Å². The van der Waals surface area contributed by atoms with Gasteiger partial charge in [0.15, 0.2) is 0 Å². The molecule has 1 fully saturated rings. The minimum Gasteiger partial charge on any atom is -0.355 e. The molecule has 0 aliphatic carbocycles. The lowest BCUT2D eigenvalue weighted by Crippen LogP contribution is -2.40. The van der Waals surface area contributed by atoms with Crippen molar-refractivity contribution in [2.75, 3.05) is 11.9 Å². The molecule has 21 heavy (non-hydrogen) atoms. The third-order valence-corrected chi connectivity index (χ3v) is 4.20. The molecule has 1 atom stereocenters. The Morgan fingerprint density at radius 2 is 1.95 bits per heavy atom. The van der Waals surface area contributed by atoms with Gasteiger partial charge in [-0.1, -0.05) is 28.1 Å². The molecule has 2 amide bonds. The summed E-state index contributed by atoms with van der Waals surface area (Å²) in [5, 5.41) is 7.86. The number of fused-ring (bicyclic) bond motifs is 1. The molecule has 1 unspecified atom stereocenters. The van der Waals surface area contributed by atoms with Gasteiger partial charge in [-0.3, -0.25) is 9.59 Å². The Hall–Kier alpha value is -1.88. The van der Waals surface area contributed by atoms with Crippen molar-refractivity contribution in [1.82, 2.24) is 5.32 Å². The van der Waals surface area contributed by atoms with Crippen LogP contribution in [0.25, 0.3) is 10.8 Å². The number of carbonyl (C=O) groups excluding carboxylic acids is 2. The van der Waals surface area contributed by atoms with Gasteiger partial charge >= 0.3 is 0 Å². The minimum absolute atomic E-state index is 0.0235. The van der Waals surface area contributed by atoms with E-state index in [4.69, 9.17) is 0 Å². The fraction of sp³-hybridized carbons (Fsp3) is 0.250. The quantitative estimate of drug-likeness (QED) is 0.877. The van der Waals surface area contributed by atoms with Gasteiger partial charge in [0, 0.05) is 23.1 Å². The molecule has 0 aromatic heterocycles. The van der Waals surface area contributed by atoms with Crippen molar-refractivity contribution < 1.29 is 9.59 Å². The molecule has 1 heterocycles. The van der Waals surface area contributed by atoms with Gasteiger partial charge in [0.25, 0.3) is 0 Å². The molecule has 2 aromatic rings. The Kier molecular flexibility index (Phi) is 3.92. The fourth-order valence-electron chi connectivity index (χ4n) is 2.50. The number of halogens is 1. The molecule has 0 bridgehead atoms. The van der Waals surface area contributed by atoms with Crippen molar-refractivity contribution >= 4 is 44.2 Å². The Labute approximate surface area is 131 Å². The van der Waals surface area contributed by atoms with Gasteiger partial charge in [-0.25, -0.2) is 0 Å². The lowest BCUT2D eigenvalue weighted by molar-refractivity contribution is -0.126. The largest absolute Gasteiger partial charge is 0.355 e. The SMILES string of the molecule is O=C1CCC(C(=O)Nc2ccc3cc(Br)ccc3c2)CN1. The number of nitrogens with one attached hydrogen (secondary N) is 2. The van der Waals surface area contributed by atoms with Crippen molar-refractivity contribution in [1.29, 1.82) is 0 Å². The van der Waals surface area contributed by atoms with Crippen LogP contribution < -0.4 is 10.6 Å². The third-order valence-electron chi connectivity index (χ3n) is 3.71. The van der Waals surface area contributed by atoms with E-state index in [9.17, 15) is 9.59 Å². The van der Waals surface area contributed by atoms with Crippen LogP contribution in [0.5, 0.6) is 0 Å². The molecule has 1 aliphatic rings. The number of anilines is 1. The van der Waals surface area contributed by atoms with Crippen LogP contribution in [0.15, 0.2) is 40.9 Å². The molecule has 0 saturated carbocycles. The van der Waals surface area contributed by atoms with Crippen LogP contribution in [0.4, 0.5) is 5.69 Å². The number of rotatable bonds is 2. The molecular formula is C16H15BrN2O2. The highest BCUT2D eigenvalue weighted by molar-refractivity contribution is 9.10. The predicted octanol–water partition coefficient (Wildman–Crippen LogP) is 3.07. The van der Waals surface area contributed by atoms with Crippen LogP contribution >= 0.6 is 15.9 Å². The van der Waals surface area contributed by atoms with Gasteiger partial charge in [0.2, 0.25) is 11.8 Å². The van der Waals surface area contributed by atoms with Crippen molar-refractivity contribution in [3.8, 4) is 0 Å². The average Bonchev–Trinajstić information content (AvgIpc) is 2.48. The van der Waals surface area contributed by atoms with E-state index in [1.807, 2.05) is 36.4 Å². The molecule has 1 aliphatic heterocycles. The standard InChI is InChI=1S/C16H15BrN2O2/c17-13-4-1-11-8-14(5-2-10(11)7-13)19-16(21)12-3-6-15(20)18-9-12/h1-2,4-5,7-8,12H,3,6,9H2,(H,18,20)(H,19,21). The number of carbonyl (C=O) groups is 2. The van der Waals surface area contributed by atoms with E-state index in [2.05, 4.69) is 26.6 Å². The van der Waals surface area contributed by atoms with Crippen LogP contribution in [-0.4, -0.2) is 18.4 Å². The van der Waals surface area contributed by atoms with Crippen LogP contribution in [-0.2, 0) is 9.59 Å². The number of piperidine rings is 1. The molecule has 1 saturated heterocycles. The van der Waals surface area contributed by atoms with E-state index in [-0.39, 0.29) is 17.7 Å². The van der Waals surface area contributed by atoms with Crippen molar-refractivity contribution in [3.63, 3.8) is 0 Å². The van der Waals surface area contributed by atoms with Crippen LogP contribution in [0.3, 0.4) is 0 Å². The van der Waals surface area contributed by atoms with E-state index < -0.39 is 0 Å². The molecule has 2 aromatic carbocycles. The Morgan fingerprint density at radius 3 is 2.71 bits per heavy atom. The normalized spacial score (nSPS) is 18.3. The Balaban J connectivity index is 1.74. The summed E-state index contributed by atoms with van der Waals surface area (Å²) in [7, 11) is 0. The highest BCUT2D eigenvalue weighted by Crippen LogP contribution is 2.23. The van der Waals surface area contributed by atoms with Crippen molar-refractivity contribution in [3.05, 3.63) is 40.9 Å². The summed E-state index contributed by atoms with van der Waals surface area (Å²) in [6.07, 6.45) is 1.03. The molecule has 5 heteroatoms. The Bertz CT molecular complexity index is 704. The summed E-state index contributed by atoms with van der Waals surface area (Å²) < 4.78 is 1.03. The highest BCUT2D eigenvalue weighted by Gasteiger charge is 2.24. The first-order valence-electron chi connectivity index (χ1n) is 6.89. The molecule has 4 nitrogen and oxygen atoms in total. The summed E-state index contributed by atoms with van der Waals surface area (Å²) in [5.41, 5.74) is 0.784. The zero-order valence-corrected chi connectivity index (χ0v) is 12.9. The second-order valence-electron chi connectivity index (χ2n) is 5.24. The van der Waals surface area contributed by atoms with E-state index in [1.165, 1.54) is 0 Å². The highest BCUT2D eigenvalue weighted by atomic mass is 79.9. The predicted molar refractivity (Wildman–Crippen MR) is 86.0 cm³/mol. The second kappa shape index (κ2) is 5.85. The van der Waals surface area contributed by atoms with Gasteiger partial charge in [-0.15, -0.1) is 0 Å². The zero-order valence-electron chi connectivity index (χ0n) is 11.4. The van der Waals surface area contributed by atoms with Crippen molar-refractivity contribution in [2.24, 2.45) is 5.92 Å². The van der Waals surface area contributed by atoms with Crippen molar-refractivity contribution in [2.45, 2.75) is 12.8 Å². The first-order chi connectivity index (χ1) is 10.1. The maximum Gasteiger partial charge on any atom is 0.229 e. The van der Waals surface area contributed by atoms with E-state index in [1.54, 1.807) is 0 Å². The number of hydrogen-bond donors (Lipinski definition) is 2. The third kappa shape index (κ3) is 3.24. The van der Waals surface area contributed by atoms with Crippen LogP contribution in [0.2, 0.25) is 0 Å². The topological polar surface area (TPSA) is 58.2 Å². The van der Waals surface area contributed by atoms with Crippen LogP contribution in [0, 0.1) is 5.92 Å². The zero-order chi connectivity index (χ0) is 14.8. The minimum atomic E-state index is -0.150. The summed E-state index contributed by atoms with van der Waals surface area (Å²) >= 11 is 3.44. The van der Waals surface area contributed by atoms with E-state index >= 15 is 0 Å². The first-order valence-corrected chi connectivity index (χ1v) is 7.68. The molecular weight excluding hydrogens is 332 g/mol. The first kappa shape index (κ1) is 14.1. The summed E-state index contributed by atoms with van der Waals surface area (Å²) in [6, 6.07) is 11.9. The lowest BCUT2D eigenvalue weighted by atomic mass is 9.98. The molecule has 3 rings (SSSR count). The maximum absolute atomic E-state index is 12.2. The second-order valence-corrected chi connectivity index (χ2v) is 6.15.